The lowest BCUT2D eigenvalue weighted by atomic mass is 10.3. The lowest BCUT2D eigenvalue weighted by molar-refractivity contribution is -0.145. The van der Waals surface area contributed by atoms with Gasteiger partial charge in [0.15, 0.2) is 0 Å². The van der Waals surface area contributed by atoms with E-state index in [4.69, 9.17) is 0 Å². The van der Waals surface area contributed by atoms with Crippen LogP contribution in [0.2, 0.25) is 0 Å². The summed E-state index contributed by atoms with van der Waals surface area (Å²) < 4.78 is 4.55. The van der Waals surface area contributed by atoms with Crippen molar-refractivity contribution in [1.29, 1.82) is 0 Å². The molecule has 0 amide bonds. The molecule has 0 N–H and O–H groups in total. The van der Waals surface area contributed by atoms with Gasteiger partial charge in [-0.1, -0.05) is 0 Å². The van der Waals surface area contributed by atoms with Crippen LogP contribution in [0, 0.1) is 0 Å². The lowest BCUT2D eigenvalue weighted by Crippen LogP contribution is -2.04. The van der Waals surface area contributed by atoms with Crippen LogP contribution >= 0.6 is 0 Å². The second-order valence-electron chi connectivity index (χ2n) is 2.25. The zero-order valence-corrected chi connectivity index (χ0v) is 6.30. The number of aldehydes is 1. The van der Waals surface area contributed by atoms with E-state index in [0.29, 0.717) is 11.3 Å². The third-order valence-corrected chi connectivity index (χ3v) is 1.45. The number of carbonyl (C=O) groups excluding carboxylic acids is 2. The van der Waals surface area contributed by atoms with Crippen LogP contribution in [0.5, 0.6) is 0 Å². The molecular formula is C7H3N3O3. The fraction of sp³-hybridized carbons (Fsp3) is 0. The summed E-state index contributed by atoms with van der Waals surface area (Å²) in [7, 11) is 0. The number of ether oxygens (including phenoxy) is 1. The van der Waals surface area contributed by atoms with Gasteiger partial charge in [-0.05, 0) is 0 Å². The monoisotopic (exact) mass is 177 g/mol. The second kappa shape index (κ2) is 2.74. The summed E-state index contributed by atoms with van der Waals surface area (Å²) in [6, 6.07) is 0. The van der Waals surface area contributed by atoms with Crippen molar-refractivity contribution in [3.63, 3.8) is 0 Å². The maximum absolute atomic E-state index is 10.6. The van der Waals surface area contributed by atoms with Gasteiger partial charge in [0.2, 0.25) is 6.29 Å². The Morgan fingerprint density at radius 2 is 2.31 bits per heavy atom. The summed E-state index contributed by atoms with van der Waals surface area (Å²) in [5.41, 5.74) is 1.06. The highest BCUT2D eigenvalue weighted by atomic mass is 16.6. The number of azo groups is 1. The van der Waals surface area contributed by atoms with Crippen LogP contribution in [0.1, 0.15) is 0 Å². The van der Waals surface area contributed by atoms with Crippen LogP contribution < -0.4 is 0 Å². The third-order valence-electron chi connectivity index (χ3n) is 1.45. The molecule has 0 saturated heterocycles. The molecule has 13 heavy (non-hydrogen) atoms. The summed E-state index contributed by atoms with van der Waals surface area (Å²) >= 11 is 0. The largest absolute Gasteiger partial charge is 0.399 e. The molecule has 6 nitrogen and oxygen atoms in total. The predicted octanol–water partition coefficient (Wildman–Crippen LogP) is 0.332. The molecular weight excluding hydrogens is 174 g/mol. The number of esters is 1. The van der Waals surface area contributed by atoms with Gasteiger partial charge in [0.25, 0.3) is 5.88 Å². The number of rotatable bonds is 2. The van der Waals surface area contributed by atoms with Crippen molar-refractivity contribution in [1.82, 2.24) is 0 Å². The van der Waals surface area contributed by atoms with Crippen LogP contribution in [-0.2, 0) is 14.3 Å². The van der Waals surface area contributed by atoms with Crippen molar-refractivity contribution in [2.24, 2.45) is 15.2 Å². The average Bonchev–Trinajstić information content (AvgIpc) is 2.69. The maximum atomic E-state index is 10.6. The Bertz CT molecular complexity index is 403. The Kier molecular flexibility index (Phi) is 1.59. The summed E-state index contributed by atoms with van der Waals surface area (Å²) in [6.07, 6.45) is 3.01. The van der Waals surface area contributed by atoms with E-state index in [1.165, 1.54) is 12.4 Å². The number of carbonyl (C=O) groups is 2. The smallest absolute Gasteiger partial charge is 0.378 e. The van der Waals surface area contributed by atoms with Gasteiger partial charge < -0.3 is 4.74 Å². The predicted molar refractivity (Wildman–Crippen MR) is 40.6 cm³/mol. The summed E-state index contributed by atoms with van der Waals surface area (Å²) in [5, 5.41) is 7.21. The molecule has 2 aliphatic heterocycles. The molecule has 64 valence electrons. The van der Waals surface area contributed by atoms with E-state index >= 15 is 0 Å². The highest BCUT2D eigenvalue weighted by molar-refractivity contribution is 6.20. The van der Waals surface area contributed by atoms with Gasteiger partial charge in [0.1, 0.15) is 5.70 Å². The van der Waals surface area contributed by atoms with Crippen LogP contribution in [0.4, 0.5) is 0 Å². The molecule has 6 heteroatoms. The van der Waals surface area contributed by atoms with Crippen molar-refractivity contribution < 1.29 is 14.3 Å². The first-order valence-electron chi connectivity index (χ1n) is 3.38. The lowest BCUT2D eigenvalue weighted by Gasteiger charge is -1.95. The quantitative estimate of drug-likeness (QED) is 0.346. The first-order chi connectivity index (χ1) is 6.31. The highest BCUT2D eigenvalue weighted by Crippen LogP contribution is 2.27. The zero-order chi connectivity index (χ0) is 9.26. The van der Waals surface area contributed by atoms with Crippen LogP contribution in [0.15, 0.2) is 38.6 Å². The fourth-order valence-electron chi connectivity index (χ4n) is 0.910. The van der Waals surface area contributed by atoms with Gasteiger partial charge in [-0.2, -0.15) is 0 Å². The number of aliphatic imine (C=N–C) groups is 1. The molecule has 0 aromatic rings. The standard InChI is InChI=1S/C7H3N3O3/c11-3-6(12)13-7-4-1-8-2-5(4)9-10-7/h1-3H. The molecule has 0 aromatic carbocycles. The molecule has 0 aliphatic carbocycles. The fourth-order valence-corrected chi connectivity index (χ4v) is 0.910. The molecule has 0 bridgehead atoms. The number of hydrogen-bond donors (Lipinski definition) is 0. The van der Waals surface area contributed by atoms with Crippen LogP contribution in [-0.4, -0.2) is 18.5 Å². The number of hydrogen-bond acceptors (Lipinski definition) is 6. The minimum absolute atomic E-state index is 0.0181. The van der Waals surface area contributed by atoms with Gasteiger partial charge in [-0.15, -0.1) is 10.2 Å². The van der Waals surface area contributed by atoms with E-state index in [1.807, 2.05) is 0 Å². The maximum Gasteiger partial charge on any atom is 0.378 e. The summed E-state index contributed by atoms with van der Waals surface area (Å²) in [5.74, 6) is -0.979. The Morgan fingerprint density at radius 3 is 3.08 bits per heavy atom. The van der Waals surface area contributed by atoms with Gasteiger partial charge in [0.05, 0.1) is 11.8 Å². The van der Waals surface area contributed by atoms with Crippen molar-refractivity contribution in [2.45, 2.75) is 0 Å². The SMILES string of the molecule is O=CC(=O)OC1=C2C=NC=C2N=N1. The summed E-state index contributed by atoms with van der Waals surface area (Å²) in [4.78, 5) is 24.3. The minimum atomic E-state index is -0.997. The van der Waals surface area contributed by atoms with Crippen LogP contribution in [0.3, 0.4) is 0 Å². The molecule has 0 aromatic heterocycles. The van der Waals surface area contributed by atoms with E-state index < -0.39 is 5.97 Å². The molecule has 2 aliphatic rings. The van der Waals surface area contributed by atoms with Crippen molar-refractivity contribution in [3.8, 4) is 0 Å². The summed E-state index contributed by atoms with van der Waals surface area (Å²) in [6.45, 7) is 0. The van der Waals surface area contributed by atoms with E-state index in [9.17, 15) is 9.59 Å². The van der Waals surface area contributed by atoms with Gasteiger partial charge in [-0.25, -0.2) is 4.79 Å². The molecule has 0 radical (unpaired) electrons. The Morgan fingerprint density at radius 1 is 1.46 bits per heavy atom. The molecule has 2 heterocycles. The highest BCUT2D eigenvalue weighted by Gasteiger charge is 2.22. The van der Waals surface area contributed by atoms with Crippen molar-refractivity contribution >= 4 is 18.5 Å². The molecule has 0 unspecified atom stereocenters. The van der Waals surface area contributed by atoms with Gasteiger partial charge in [0, 0.05) is 6.21 Å². The van der Waals surface area contributed by atoms with E-state index in [2.05, 4.69) is 20.0 Å². The first kappa shape index (κ1) is 7.53. The Labute approximate surface area is 72.3 Å². The first-order valence-corrected chi connectivity index (χ1v) is 3.38. The number of fused-ring (bicyclic) bond motifs is 1. The normalized spacial score (nSPS) is 17.4. The van der Waals surface area contributed by atoms with Gasteiger partial charge in [-0.3, -0.25) is 9.79 Å². The van der Waals surface area contributed by atoms with Crippen LogP contribution in [0.25, 0.3) is 0 Å². The Hall–Kier alpha value is -2.11. The second-order valence-corrected chi connectivity index (χ2v) is 2.25. The molecule has 0 fully saturated rings. The molecule has 0 atom stereocenters. The zero-order valence-electron chi connectivity index (χ0n) is 6.30. The molecule has 0 saturated carbocycles. The van der Waals surface area contributed by atoms with E-state index in [0.717, 1.165) is 0 Å². The minimum Gasteiger partial charge on any atom is -0.399 e. The average molecular weight is 177 g/mol. The number of nitrogens with zero attached hydrogens (tertiary/aromatic N) is 3. The third kappa shape index (κ3) is 1.18. The van der Waals surface area contributed by atoms with Crippen molar-refractivity contribution in [3.05, 3.63) is 23.4 Å². The van der Waals surface area contributed by atoms with E-state index in [-0.39, 0.29) is 12.2 Å². The topological polar surface area (TPSA) is 80.5 Å². The van der Waals surface area contributed by atoms with E-state index in [1.54, 1.807) is 0 Å². The number of allylic oxidation sites excluding steroid dienone is 1. The van der Waals surface area contributed by atoms with Crippen molar-refractivity contribution in [2.75, 3.05) is 0 Å². The Balaban J connectivity index is 2.25. The molecule has 0 spiro atoms. The molecule has 2 rings (SSSR count). The van der Waals surface area contributed by atoms with Gasteiger partial charge >= 0.3 is 5.97 Å².